The van der Waals surface area contributed by atoms with Crippen LogP contribution in [0.3, 0.4) is 0 Å². The molecular formula is C9H11NO5. The van der Waals surface area contributed by atoms with Crippen LogP contribution in [0.15, 0.2) is 22.8 Å². The topological polar surface area (TPSA) is 88.8 Å². The minimum Gasteiger partial charge on any atom is -0.479 e. The maximum Gasteiger partial charge on any atom is 0.343 e. The third-order valence-corrected chi connectivity index (χ3v) is 1.92. The molecule has 0 radical (unpaired) electrons. The second kappa shape index (κ2) is 4.04. The van der Waals surface area contributed by atoms with Gasteiger partial charge in [-0.2, -0.15) is 0 Å². The van der Waals surface area contributed by atoms with E-state index in [4.69, 9.17) is 9.52 Å². The summed E-state index contributed by atoms with van der Waals surface area (Å²) >= 11 is 0. The van der Waals surface area contributed by atoms with Crippen molar-refractivity contribution in [2.24, 2.45) is 0 Å². The number of carbonyl (C=O) groups excluding carboxylic acids is 1. The quantitative estimate of drug-likeness (QED) is 0.565. The molecular weight excluding hydrogens is 202 g/mol. The molecule has 82 valence electrons. The number of methoxy groups -OCH3 is 1. The number of furan rings is 1. The van der Waals surface area contributed by atoms with Gasteiger partial charge in [-0.15, -0.1) is 0 Å². The Labute approximate surface area is 85.8 Å². The zero-order chi connectivity index (χ0) is 11.5. The number of carboxylic acids is 1. The first-order chi connectivity index (χ1) is 7.00. The van der Waals surface area contributed by atoms with Gasteiger partial charge in [0.2, 0.25) is 5.54 Å². The summed E-state index contributed by atoms with van der Waals surface area (Å²) in [6.45, 7) is 1.20. The van der Waals surface area contributed by atoms with Crippen molar-refractivity contribution < 1.29 is 23.8 Å². The molecule has 15 heavy (non-hydrogen) atoms. The zero-order valence-corrected chi connectivity index (χ0v) is 8.31. The van der Waals surface area contributed by atoms with E-state index < -0.39 is 17.5 Å². The predicted octanol–water partition coefficient (Wildman–Crippen LogP) is 0.708. The molecule has 6 heteroatoms. The van der Waals surface area contributed by atoms with Crippen molar-refractivity contribution in [1.29, 1.82) is 0 Å². The molecule has 0 spiro atoms. The Kier molecular flexibility index (Phi) is 2.99. The van der Waals surface area contributed by atoms with Crippen LogP contribution in [0.4, 0.5) is 5.88 Å². The standard InChI is InChI=1S/C9H11NO5/c1-9(7(11)12,8(13)14-2)10-6-4-3-5-15-6/h3-5,10H,1-2H3,(H,11,12)/t9-/m0/s1. The number of nitrogens with one attached hydrogen (secondary N) is 1. The van der Waals surface area contributed by atoms with Gasteiger partial charge in [-0.25, -0.2) is 9.59 Å². The molecule has 1 aromatic heterocycles. The van der Waals surface area contributed by atoms with Crippen molar-refractivity contribution in [2.45, 2.75) is 12.5 Å². The van der Waals surface area contributed by atoms with Gasteiger partial charge >= 0.3 is 11.9 Å². The molecule has 0 aliphatic heterocycles. The van der Waals surface area contributed by atoms with Gasteiger partial charge < -0.3 is 19.6 Å². The molecule has 0 aromatic carbocycles. The van der Waals surface area contributed by atoms with E-state index >= 15 is 0 Å². The van der Waals surface area contributed by atoms with Crippen molar-refractivity contribution in [2.75, 3.05) is 12.4 Å². The van der Waals surface area contributed by atoms with Crippen LogP contribution >= 0.6 is 0 Å². The number of aliphatic carboxylic acids is 1. The summed E-state index contributed by atoms with van der Waals surface area (Å²) in [6, 6.07) is 3.08. The molecule has 0 fully saturated rings. The first-order valence-electron chi connectivity index (χ1n) is 4.14. The summed E-state index contributed by atoms with van der Waals surface area (Å²) in [5, 5.41) is 11.4. The number of rotatable bonds is 4. The molecule has 0 aliphatic carbocycles. The summed E-state index contributed by atoms with van der Waals surface area (Å²) in [5.74, 6) is -2.05. The van der Waals surface area contributed by atoms with E-state index in [-0.39, 0.29) is 5.88 Å². The maximum atomic E-state index is 11.3. The Bertz CT molecular complexity index is 359. The van der Waals surface area contributed by atoms with Crippen LogP contribution in [-0.4, -0.2) is 29.7 Å². The normalized spacial score (nSPS) is 14.0. The van der Waals surface area contributed by atoms with Crippen molar-refractivity contribution in [3.63, 3.8) is 0 Å². The fraction of sp³-hybridized carbons (Fsp3) is 0.333. The highest BCUT2D eigenvalue weighted by Gasteiger charge is 2.43. The summed E-state index contributed by atoms with van der Waals surface area (Å²) in [5.41, 5.74) is -1.85. The molecule has 0 bridgehead atoms. The van der Waals surface area contributed by atoms with Gasteiger partial charge in [0.15, 0.2) is 5.88 Å². The number of hydrogen-bond acceptors (Lipinski definition) is 5. The average Bonchev–Trinajstić information content (AvgIpc) is 2.68. The Morgan fingerprint density at radius 2 is 2.27 bits per heavy atom. The molecule has 0 saturated heterocycles. The summed E-state index contributed by atoms with van der Waals surface area (Å²) in [7, 11) is 1.12. The molecule has 1 aromatic rings. The van der Waals surface area contributed by atoms with E-state index in [1.807, 2.05) is 0 Å². The molecule has 1 rings (SSSR count). The van der Waals surface area contributed by atoms with Crippen LogP contribution in [-0.2, 0) is 14.3 Å². The Morgan fingerprint density at radius 3 is 2.67 bits per heavy atom. The van der Waals surface area contributed by atoms with Crippen LogP contribution in [0.5, 0.6) is 0 Å². The van der Waals surface area contributed by atoms with Gasteiger partial charge in [0.05, 0.1) is 13.4 Å². The zero-order valence-electron chi connectivity index (χ0n) is 8.31. The lowest BCUT2D eigenvalue weighted by molar-refractivity contribution is -0.156. The van der Waals surface area contributed by atoms with E-state index in [1.54, 1.807) is 6.07 Å². The van der Waals surface area contributed by atoms with Crippen LogP contribution in [0.25, 0.3) is 0 Å². The van der Waals surface area contributed by atoms with Crippen molar-refractivity contribution in [1.82, 2.24) is 0 Å². The van der Waals surface area contributed by atoms with Crippen molar-refractivity contribution in [3.8, 4) is 0 Å². The largest absolute Gasteiger partial charge is 0.479 e. The number of esters is 1. The molecule has 0 unspecified atom stereocenters. The highest BCUT2D eigenvalue weighted by molar-refractivity contribution is 6.06. The minimum atomic E-state index is -1.85. The second-order valence-corrected chi connectivity index (χ2v) is 3.02. The Morgan fingerprint density at radius 1 is 1.60 bits per heavy atom. The maximum absolute atomic E-state index is 11.3. The molecule has 0 saturated carbocycles. The SMILES string of the molecule is COC(=O)[C@@](C)(Nc1ccco1)C(=O)O. The monoisotopic (exact) mass is 213 g/mol. The number of anilines is 1. The lowest BCUT2D eigenvalue weighted by Gasteiger charge is -2.22. The van der Waals surface area contributed by atoms with Crippen LogP contribution in [0, 0.1) is 0 Å². The van der Waals surface area contributed by atoms with E-state index in [2.05, 4.69) is 10.1 Å². The van der Waals surface area contributed by atoms with Crippen LogP contribution < -0.4 is 5.32 Å². The summed E-state index contributed by atoms with van der Waals surface area (Å²) < 4.78 is 9.29. The molecule has 1 atom stereocenters. The van der Waals surface area contributed by atoms with E-state index in [0.717, 1.165) is 7.11 Å². The number of carbonyl (C=O) groups is 2. The fourth-order valence-corrected chi connectivity index (χ4v) is 0.992. The van der Waals surface area contributed by atoms with Crippen LogP contribution in [0.2, 0.25) is 0 Å². The van der Waals surface area contributed by atoms with Gasteiger partial charge in [0.25, 0.3) is 0 Å². The van der Waals surface area contributed by atoms with E-state index in [0.29, 0.717) is 0 Å². The Hall–Kier alpha value is -1.98. The highest BCUT2D eigenvalue weighted by atomic mass is 16.5. The molecule has 0 amide bonds. The predicted molar refractivity (Wildman–Crippen MR) is 50.4 cm³/mol. The molecule has 6 nitrogen and oxygen atoms in total. The molecule has 0 aliphatic rings. The Balaban J connectivity index is 2.92. The third kappa shape index (κ3) is 2.09. The van der Waals surface area contributed by atoms with Crippen molar-refractivity contribution in [3.05, 3.63) is 18.4 Å². The first-order valence-corrected chi connectivity index (χ1v) is 4.14. The number of hydrogen-bond donors (Lipinski definition) is 2. The average molecular weight is 213 g/mol. The van der Waals surface area contributed by atoms with Gasteiger partial charge in [-0.05, 0) is 13.0 Å². The van der Waals surface area contributed by atoms with Gasteiger partial charge in [0.1, 0.15) is 0 Å². The number of carboxylic acid groups (broad SMARTS) is 1. The van der Waals surface area contributed by atoms with Gasteiger partial charge in [0, 0.05) is 6.07 Å². The van der Waals surface area contributed by atoms with Crippen molar-refractivity contribution >= 4 is 17.8 Å². The van der Waals surface area contributed by atoms with Crippen LogP contribution in [0.1, 0.15) is 6.92 Å². The molecule has 1 heterocycles. The van der Waals surface area contributed by atoms with E-state index in [9.17, 15) is 9.59 Å². The highest BCUT2D eigenvalue weighted by Crippen LogP contribution is 2.17. The third-order valence-electron chi connectivity index (χ3n) is 1.92. The minimum absolute atomic E-state index is 0.185. The molecule has 2 N–H and O–H groups in total. The fourth-order valence-electron chi connectivity index (χ4n) is 0.992. The van der Waals surface area contributed by atoms with E-state index in [1.165, 1.54) is 19.3 Å². The summed E-state index contributed by atoms with van der Waals surface area (Å²) in [6.07, 6.45) is 1.36. The first kappa shape index (κ1) is 11.1. The lowest BCUT2D eigenvalue weighted by atomic mass is 10.0. The van der Waals surface area contributed by atoms with Gasteiger partial charge in [-0.3, -0.25) is 0 Å². The second-order valence-electron chi connectivity index (χ2n) is 3.02. The summed E-state index contributed by atoms with van der Waals surface area (Å²) in [4.78, 5) is 22.2. The van der Waals surface area contributed by atoms with Gasteiger partial charge in [-0.1, -0.05) is 0 Å². The lowest BCUT2D eigenvalue weighted by Crippen LogP contribution is -2.51. The number of ether oxygens (including phenoxy) is 1. The smallest absolute Gasteiger partial charge is 0.343 e.